The Morgan fingerprint density at radius 2 is 2.14 bits per heavy atom. The summed E-state index contributed by atoms with van der Waals surface area (Å²) in [6, 6.07) is -0.285. The summed E-state index contributed by atoms with van der Waals surface area (Å²) in [6.07, 6.45) is 6.11. The van der Waals surface area contributed by atoms with Crippen molar-refractivity contribution < 1.29 is 14.7 Å². The molecule has 0 aromatic carbocycles. The summed E-state index contributed by atoms with van der Waals surface area (Å²) in [5.74, 6) is -1.63. The molecule has 1 heterocycles. The molecule has 1 aromatic rings. The van der Waals surface area contributed by atoms with Crippen molar-refractivity contribution in [2.24, 2.45) is 5.92 Å². The Morgan fingerprint density at radius 1 is 1.43 bits per heavy atom. The van der Waals surface area contributed by atoms with Crippen molar-refractivity contribution in [3.8, 4) is 0 Å². The standard InChI is InChI=1S/C14H20N4O3/c1-14(2,3)18-8-11(16-17-18)12(19)15-10-6-4-5-9(7-10)13(20)21/h4,6,8-10H,5,7H2,1-3H3,(H,15,19)(H,20,21)/t9-,10-/m0/s1. The van der Waals surface area contributed by atoms with E-state index >= 15 is 0 Å². The highest BCUT2D eigenvalue weighted by molar-refractivity contribution is 5.92. The van der Waals surface area contributed by atoms with Crippen LogP contribution in [0, 0.1) is 5.92 Å². The van der Waals surface area contributed by atoms with Gasteiger partial charge in [0.15, 0.2) is 5.69 Å². The first-order chi connectivity index (χ1) is 9.77. The van der Waals surface area contributed by atoms with Crippen LogP contribution in [0.25, 0.3) is 0 Å². The normalized spacial score (nSPS) is 22.0. The molecule has 21 heavy (non-hydrogen) atoms. The summed E-state index contributed by atoms with van der Waals surface area (Å²) >= 11 is 0. The van der Waals surface area contributed by atoms with Gasteiger partial charge in [0.2, 0.25) is 0 Å². The predicted octanol–water partition coefficient (Wildman–Crippen LogP) is 1.18. The number of aliphatic carboxylic acids is 1. The summed E-state index contributed by atoms with van der Waals surface area (Å²) in [7, 11) is 0. The summed E-state index contributed by atoms with van der Waals surface area (Å²) in [5, 5.41) is 19.6. The third-order valence-corrected chi connectivity index (χ3v) is 3.41. The van der Waals surface area contributed by atoms with E-state index in [0.717, 1.165) is 0 Å². The fourth-order valence-corrected chi connectivity index (χ4v) is 2.14. The van der Waals surface area contributed by atoms with E-state index in [1.165, 1.54) is 0 Å². The highest BCUT2D eigenvalue weighted by Crippen LogP contribution is 2.19. The smallest absolute Gasteiger partial charge is 0.306 e. The number of hydrogen-bond acceptors (Lipinski definition) is 4. The second-order valence-corrected chi connectivity index (χ2v) is 6.23. The molecule has 1 aromatic heterocycles. The monoisotopic (exact) mass is 292 g/mol. The van der Waals surface area contributed by atoms with E-state index in [9.17, 15) is 9.59 Å². The zero-order valence-corrected chi connectivity index (χ0v) is 12.4. The number of carboxylic acid groups (broad SMARTS) is 1. The third-order valence-electron chi connectivity index (χ3n) is 3.41. The first-order valence-corrected chi connectivity index (χ1v) is 6.90. The number of aromatic nitrogens is 3. The minimum Gasteiger partial charge on any atom is -0.481 e. The van der Waals surface area contributed by atoms with Crippen molar-refractivity contribution in [3.05, 3.63) is 24.0 Å². The Hall–Kier alpha value is -2.18. The number of allylic oxidation sites excluding steroid dienone is 1. The predicted molar refractivity (Wildman–Crippen MR) is 75.8 cm³/mol. The van der Waals surface area contributed by atoms with Gasteiger partial charge in [-0.25, -0.2) is 4.68 Å². The van der Waals surface area contributed by atoms with E-state index in [1.54, 1.807) is 17.0 Å². The molecule has 2 N–H and O–H groups in total. The lowest BCUT2D eigenvalue weighted by Crippen LogP contribution is -2.38. The van der Waals surface area contributed by atoms with Crippen molar-refractivity contribution in [1.82, 2.24) is 20.3 Å². The van der Waals surface area contributed by atoms with Gasteiger partial charge in [0.1, 0.15) is 0 Å². The molecular weight excluding hydrogens is 272 g/mol. The molecule has 0 saturated carbocycles. The molecule has 0 radical (unpaired) electrons. The van der Waals surface area contributed by atoms with E-state index in [4.69, 9.17) is 5.11 Å². The van der Waals surface area contributed by atoms with Gasteiger partial charge in [0.05, 0.1) is 17.7 Å². The number of nitrogens with zero attached hydrogens (tertiary/aromatic N) is 3. The van der Waals surface area contributed by atoms with Crippen LogP contribution in [-0.2, 0) is 10.3 Å². The summed E-state index contributed by atoms with van der Waals surface area (Å²) in [5.41, 5.74) is -0.0132. The lowest BCUT2D eigenvalue weighted by Gasteiger charge is -2.22. The average molecular weight is 292 g/mol. The van der Waals surface area contributed by atoms with Gasteiger partial charge in [-0.1, -0.05) is 17.4 Å². The Bertz CT molecular complexity index is 571. The topological polar surface area (TPSA) is 97.1 Å². The number of amides is 1. The molecule has 7 nitrogen and oxygen atoms in total. The molecule has 0 aliphatic heterocycles. The molecule has 1 aliphatic carbocycles. The molecular formula is C14H20N4O3. The highest BCUT2D eigenvalue weighted by Gasteiger charge is 2.26. The first kappa shape index (κ1) is 15.2. The second-order valence-electron chi connectivity index (χ2n) is 6.23. The van der Waals surface area contributed by atoms with Crippen LogP contribution in [0.2, 0.25) is 0 Å². The van der Waals surface area contributed by atoms with Crippen LogP contribution in [0.3, 0.4) is 0 Å². The number of carbonyl (C=O) groups excluding carboxylic acids is 1. The minimum atomic E-state index is -0.836. The van der Waals surface area contributed by atoms with Gasteiger partial charge in [0.25, 0.3) is 5.91 Å². The van der Waals surface area contributed by atoms with Crippen LogP contribution >= 0.6 is 0 Å². The van der Waals surface area contributed by atoms with Gasteiger partial charge in [-0.2, -0.15) is 0 Å². The second kappa shape index (κ2) is 5.67. The van der Waals surface area contributed by atoms with Crippen molar-refractivity contribution in [2.45, 2.75) is 45.2 Å². The molecule has 0 spiro atoms. The van der Waals surface area contributed by atoms with Crippen molar-refractivity contribution in [1.29, 1.82) is 0 Å². The van der Waals surface area contributed by atoms with E-state index in [0.29, 0.717) is 12.8 Å². The van der Waals surface area contributed by atoms with Crippen molar-refractivity contribution >= 4 is 11.9 Å². The molecule has 0 unspecified atom stereocenters. The molecule has 0 bridgehead atoms. The average Bonchev–Trinajstić information content (AvgIpc) is 2.88. The van der Waals surface area contributed by atoms with Crippen LogP contribution in [-0.4, -0.2) is 38.0 Å². The van der Waals surface area contributed by atoms with Crippen molar-refractivity contribution in [3.63, 3.8) is 0 Å². The molecule has 1 aliphatic rings. The molecule has 0 saturated heterocycles. The SMILES string of the molecule is CC(C)(C)n1cc(C(=O)N[C@H]2C=CC[C@H](C(=O)O)C2)nn1. The third kappa shape index (κ3) is 3.68. The summed E-state index contributed by atoms with van der Waals surface area (Å²) < 4.78 is 1.62. The molecule has 114 valence electrons. The highest BCUT2D eigenvalue weighted by atomic mass is 16.4. The van der Waals surface area contributed by atoms with Crippen LogP contribution in [0.15, 0.2) is 18.3 Å². The van der Waals surface area contributed by atoms with E-state index in [1.807, 2.05) is 26.8 Å². The van der Waals surface area contributed by atoms with Gasteiger partial charge in [-0.05, 0) is 33.6 Å². The maximum absolute atomic E-state index is 12.1. The largest absolute Gasteiger partial charge is 0.481 e. The Labute approximate surface area is 123 Å². The van der Waals surface area contributed by atoms with Gasteiger partial charge >= 0.3 is 5.97 Å². The molecule has 2 rings (SSSR count). The summed E-state index contributed by atoms with van der Waals surface area (Å²) in [4.78, 5) is 23.1. The molecule has 0 fully saturated rings. The fourth-order valence-electron chi connectivity index (χ4n) is 2.14. The van der Waals surface area contributed by atoms with Gasteiger partial charge < -0.3 is 10.4 Å². The number of carbonyl (C=O) groups is 2. The maximum atomic E-state index is 12.1. The Balaban J connectivity index is 2.02. The lowest BCUT2D eigenvalue weighted by molar-refractivity contribution is -0.142. The van der Waals surface area contributed by atoms with Crippen LogP contribution in [0.1, 0.15) is 44.1 Å². The Morgan fingerprint density at radius 3 is 2.71 bits per heavy atom. The Kier molecular flexibility index (Phi) is 4.11. The maximum Gasteiger partial charge on any atom is 0.306 e. The number of rotatable bonds is 3. The van der Waals surface area contributed by atoms with E-state index in [-0.39, 0.29) is 23.2 Å². The van der Waals surface area contributed by atoms with E-state index < -0.39 is 11.9 Å². The van der Waals surface area contributed by atoms with Crippen LogP contribution in [0.4, 0.5) is 0 Å². The van der Waals surface area contributed by atoms with Gasteiger partial charge in [-0.15, -0.1) is 5.10 Å². The fraction of sp³-hybridized carbons (Fsp3) is 0.571. The van der Waals surface area contributed by atoms with Crippen LogP contribution in [0.5, 0.6) is 0 Å². The summed E-state index contributed by atoms with van der Waals surface area (Å²) in [6.45, 7) is 5.89. The zero-order valence-electron chi connectivity index (χ0n) is 12.4. The lowest BCUT2D eigenvalue weighted by atomic mass is 9.91. The van der Waals surface area contributed by atoms with Crippen molar-refractivity contribution in [2.75, 3.05) is 0 Å². The number of carboxylic acids is 1. The van der Waals surface area contributed by atoms with E-state index in [2.05, 4.69) is 15.6 Å². The quantitative estimate of drug-likeness (QED) is 0.815. The first-order valence-electron chi connectivity index (χ1n) is 6.90. The number of nitrogens with one attached hydrogen (secondary N) is 1. The minimum absolute atomic E-state index is 0.232. The zero-order chi connectivity index (χ0) is 15.6. The van der Waals surface area contributed by atoms with Crippen LogP contribution < -0.4 is 5.32 Å². The molecule has 2 atom stereocenters. The van der Waals surface area contributed by atoms with Gasteiger partial charge in [0, 0.05) is 6.04 Å². The van der Waals surface area contributed by atoms with Gasteiger partial charge in [-0.3, -0.25) is 9.59 Å². The number of hydrogen-bond donors (Lipinski definition) is 2. The molecule has 1 amide bonds. The molecule has 7 heteroatoms.